The van der Waals surface area contributed by atoms with Crippen LogP contribution in [0.1, 0.15) is 0 Å². The highest BCUT2D eigenvalue weighted by Gasteiger charge is 2.50. The van der Waals surface area contributed by atoms with Crippen molar-refractivity contribution >= 4 is 11.0 Å². The first-order valence-corrected chi connectivity index (χ1v) is 17.1. The molecule has 3 saturated heterocycles. The first kappa shape index (κ1) is 41.7. The fourth-order valence-electron chi connectivity index (χ4n) is 6.43. The number of hydrogen-bond donors (Lipinski definition) is 13. The predicted molar refractivity (Wildman–Crippen MR) is 179 cm³/mol. The van der Waals surface area contributed by atoms with E-state index in [2.05, 4.69) is 0 Å². The molecule has 1 aromatic heterocycles. The van der Waals surface area contributed by atoms with Crippen molar-refractivity contribution in [2.24, 2.45) is 0 Å². The van der Waals surface area contributed by atoms with E-state index in [0.29, 0.717) is 0 Å². The second-order valence-electron chi connectivity index (χ2n) is 13.3. The normalized spacial score (nSPS) is 36.4. The van der Waals surface area contributed by atoms with Crippen LogP contribution in [0.2, 0.25) is 0 Å². The highest BCUT2D eigenvalue weighted by atomic mass is 16.7. The highest BCUT2D eigenvalue weighted by molar-refractivity contribution is 5.88. The van der Waals surface area contributed by atoms with Crippen LogP contribution in [0.3, 0.4) is 0 Å². The number of hydrogen-bond acceptors (Lipinski definition) is 22. The molecule has 56 heavy (non-hydrogen) atoms. The van der Waals surface area contributed by atoms with Crippen LogP contribution in [0.5, 0.6) is 28.7 Å². The lowest BCUT2D eigenvalue weighted by Crippen LogP contribution is -2.63. The Morgan fingerprint density at radius 2 is 1.14 bits per heavy atom. The fourth-order valence-corrected chi connectivity index (χ4v) is 6.43. The minimum absolute atomic E-state index is 0.0523. The topological polar surface area (TPSA) is 358 Å². The molecule has 22 nitrogen and oxygen atoms in total. The third kappa shape index (κ3) is 7.95. The summed E-state index contributed by atoms with van der Waals surface area (Å²) in [6.45, 7) is -2.19. The lowest BCUT2D eigenvalue weighted by Gasteiger charge is -2.43. The van der Waals surface area contributed by atoms with Gasteiger partial charge in [0.05, 0.1) is 26.9 Å². The van der Waals surface area contributed by atoms with Crippen LogP contribution in [0.15, 0.2) is 39.5 Å². The number of phenols is 3. The molecule has 22 heteroatoms. The van der Waals surface area contributed by atoms with Gasteiger partial charge in [0.2, 0.25) is 17.5 Å². The number of methoxy groups -OCH3 is 1. The maximum atomic E-state index is 13.8. The van der Waals surface area contributed by atoms with E-state index < -0.39 is 140 Å². The number of aliphatic hydroxyl groups excluding tert-OH is 10. The van der Waals surface area contributed by atoms with Gasteiger partial charge in [0, 0.05) is 17.7 Å². The molecular formula is C34H42O22. The maximum absolute atomic E-state index is 13.8. The number of ether oxygens (including phenoxy) is 7. The molecule has 0 amide bonds. The number of benzene rings is 2. The first-order valence-electron chi connectivity index (χ1n) is 17.1. The monoisotopic (exact) mass is 802 g/mol. The molecule has 13 N–H and O–H groups in total. The third-order valence-corrected chi connectivity index (χ3v) is 9.63. The molecule has 310 valence electrons. The van der Waals surface area contributed by atoms with E-state index in [1.54, 1.807) is 0 Å². The molecule has 3 aromatic rings. The van der Waals surface area contributed by atoms with Gasteiger partial charge in [-0.3, -0.25) is 4.79 Å². The first-order chi connectivity index (χ1) is 26.6. The molecule has 3 fully saturated rings. The summed E-state index contributed by atoms with van der Waals surface area (Å²) < 4.78 is 44.2. The maximum Gasteiger partial charge on any atom is 0.239 e. The zero-order valence-corrected chi connectivity index (χ0v) is 29.2. The molecule has 15 atom stereocenters. The molecule has 6 rings (SSSR count). The van der Waals surface area contributed by atoms with Crippen LogP contribution in [0, 0.1) is 0 Å². The van der Waals surface area contributed by atoms with Crippen molar-refractivity contribution in [2.45, 2.75) is 92.1 Å². The van der Waals surface area contributed by atoms with E-state index in [0.717, 1.165) is 12.1 Å². The van der Waals surface area contributed by atoms with Gasteiger partial charge in [0.1, 0.15) is 95.7 Å². The van der Waals surface area contributed by atoms with Gasteiger partial charge in [-0.25, -0.2) is 0 Å². The fraction of sp³-hybridized carbons (Fsp3) is 0.559. The summed E-state index contributed by atoms with van der Waals surface area (Å²) in [6, 6.07) is 5.64. The van der Waals surface area contributed by atoms with Gasteiger partial charge in [0.15, 0.2) is 29.8 Å². The van der Waals surface area contributed by atoms with E-state index in [-0.39, 0.29) is 28.4 Å². The Morgan fingerprint density at radius 3 is 1.70 bits per heavy atom. The summed E-state index contributed by atoms with van der Waals surface area (Å²) in [6.07, 6.45) is -26.8. The summed E-state index contributed by atoms with van der Waals surface area (Å²) >= 11 is 0. The zero-order chi connectivity index (χ0) is 40.7. The lowest BCUT2D eigenvalue weighted by molar-refractivity contribution is -0.339. The Morgan fingerprint density at radius 1 is 0.625 bits per heavy atom. The van der Waals surface area contributed by atoms with E-state index in [9.17, 15) is 71.2 Å². The van der Waals surface area contributed by atoms with Crippen molar-refractivity contribution in [1.82, 2.24) is 0 Å². The van der Waals surface area contributed by atoms with Gasteiger partial charge < -0.3 is 104 Å². The van der Waals surface area contributed by atoms with Crippen molar-refractivity contribution in [3.63, 3.8) is 0 Å². The summed E-state index contributed by atoms with van der Waals surface area (Å²) in [5, 5.41) is 134. The van der Waals surface area contributed by atoms with Crippen LogP contribution in [0.25, 0.3) is 22.3 Å². The molecule has 0 aliphatic carbocycles. The Balaban J connectivity index is 1.21. The molecule has 15 unspecified atom stereocenters. The lowest BCUT2D eigenvalue weighted by atomic mass is 9.98. The van der Waals surface area contributed by atoms with Gasteiger partial charge in [-0.2, -0.15) is 0 Å². The summed E-state index contributed by atoms with van der Waals surface area (Å²) in [5.74, 6) is -2.61. The van der Waals surface area contributed by atoms with Gasteiger partial charge in [-0.05, 0) is 18.2 Å². The average molecular weight is 803 g/mol. The van der Waals surface area contributed by atoms with E-state index in [1.807, 2.05) is 0 Å². The van der Waals surface area contributed by atoms with Crippen LogP contribution >= 0.6 is 0 Å². The number of aromatic hydroxyl groups is 3. The molecule has 0 radical (unpaired) electrons. The third-order valence-electron chi connectivity index (χ3n) is 9.63. The Bertz CT molecular complexity index is 1890. The standard InChI is InChI=1S/C34H42O22/c1-49-14-4-10(2-3-12(14)37)30-31(23(42)19-13(38)5-11(36)6-15(19)52-30)56-34-29(48)26(45)22(41)18(55-34)9-51-33-28(47)25(44)21(40)17(54-33)8-50-32-27(46)24(43)20(39)16(7-35)53-32/h2-6,16-18,20-22,24-29,32-41,43-48H,7-9H2,1H3. The van der Waals surface area contributed by atoms with Crippen molar-refractivity contribution in [3.8, 4) is 40.1 Å². The van der Waals surface area contributed by atoms with Gasteiger partial charge in [-0.1, -0.05) is 0 Å². The highest BCUT2D eigenvalue weighted by Crippen LogP contribution is 2.40. The Hall–Kier alpha value is -3.95. The second-order valence-corrected chi connectivity index (χ2v) is 13.3. The number of aliphatic hydroxyl groups is 10. The molecule has 0 saturated carbocycles. The summed E-state index contributed by atoms with van der Waals surface area (Å²) in [5.41, 5.74) is -1.29. The van der Waals surface area contributed by atoms with Gasteiger partial charge >= 0.3 is 0 Å². The molecule has 0 bridgehead atoms. The Kier molecular flexibility index (Phi) is 12.6. The van der Waals surface area contributed by atoms with Crippen LogP contribution in [0.4, 0.5) is 0 Å². The SMILES string of the molecule is COc1cc(-c2oc3cc(O)cc(O)c3c(=O)c2OC2OC(COC3OC(COC4OC(CO)C(O)C(O)C4O)C(O)C(O)C3O)C(O)C(O)C2O)ccc1O. The Labute approximate surface area is 314 Å². The average Bonchev–Trinajstić information content (AvgIpc) is 3.17. The number of phenolic OH excluding ortho intramolecular Hbond substituents is 3. The second kappa shape index (κ2) is 16.9. The molecule has 4 heterocycles. The van der Waals surface area contributed by atoms with Crippen molar-refractivity contribution < 1.29 is 104 Å². The van der Waals surface area contributed by atoms with E-state index >= 15 is 0 Å². The number of rotatable bonds is 11. The van der Waals surface area contributed by atoms with Crippen molar-refractivity contribution in [1.29, 1.82) is 0 Å². The van der Waals surface area contributed by atoms with Crippen molar-refractivity contribution in [3.05, 3.63) is 40.6 Å². The largest absolute Gasteiger partial charge is 0.508 e. The van der Waals surface area contributed by atoms with Crippen LogP contribution in [-0.4, -0.2) is 185 Å². The van der Waals surface area contributed by atoms with Gasteiger partial charge in [0.25, 0.3) is 0 Å². The molecular weight excluding hydrogens is 760 g/mol. The summed E-state index contributed by atoms with van der Waals surface area (Å²) in [4.78, 5) is 13.8. The summed E-state index contributed by atoms with van der Waals surface area (Å²) in [7, 11) is 1.25. The number of fused-ring (bicyclic) bond motifs is 1. The molecule has 3 aliphatic heterocycles. The van der Waals surface area contributed by atoms with E-state index in [4.69, 9.17) is 37.6 Å². The van der Waals surface area contributed by atoms with E-state index in [1.165, 1.54) is 25.3 Å². The van der Waals surface area contributed by atoms with Crippen LogP contribution in [-0.2, 0) is 23.7 Å². The molecule has 2 aromatic carbocycles. The smallest absolute Gasteiger partial charge is 0.239 e. The molecule has 3 aliphatic rings. The quantitative estimate of drug-likeness (QED) is 0.0867. The van der Waals surface area contributed by atoms with Gasteiger partial charge in [-0.15, -0.1) is 0 Å². The predicted octanol–water partition coefficient (Wildman–Crippen LogP) is -4.59. The minimum atomic E-state index is -2.05. The van der Waals surface area contributed by atoms with Crippen LogP contribution < -0.4 is 14.9 Å². The minimum Gasteiger partial charge on any atom is -0.508 e. The van der Waals surface area contributed by atoms with Crippen molar-refractivity contribution in [2.75, 3.05) is 26.9 Å². The molecule has 0 spiro atoms. The zero-order valence-electron chi connectivity index (χ0n) is 29.2.